The molecule has 0 radical (unpaired) electrons. The summed E-state index contributed by atoms with van der Waals surface area (Å²) in [5.74, 6) is 0. The van der Waals surface area contributed by atoms with Crippen LogP contribution in [-0.4, -0.2) is 24.0 Å². The Kier molecular flexibility index (Phi) is 6.82. The van der Waals surface area contributed by atoms with Crippen LogP contribution >= 0.6 is 0 Å². The Morgan fingerprint density at radius 3 is 2.42 bits per heavy atom. The van der Waals surface area contributed by atoms with Gasteiger partial charge in [-0.05, 0) is 24.6 Å². The van der Waals surface area contributed by atoms with E-state index in [1.165, 1.54) is 16.7 Å². The molecule has 0 aromatic heterocycles. The zero-order chi connectivity index (χ0) is 14.3. The fraction of sp³-hybridized carbons (Fsp3) is 0.529. The maximum Gasteiger partial charge on any atom is 0.0240 e. The lowest BCUT2D eigenvalue weighted by Gasteiger charge is -2.22. The molecule has 0 saturated heterocycles. The highest BCUT2D eigenvalue weighted by Crippen LogP contribution is 2.12. The summed E-state index contributed by atoms with van der Waals surface area (Å²) in [7, 11) is 0. The first-order valence-electron chi connectivity index (χ1n) is 7.19. The zero-order valence-corrected chi connectivity index (χ0v) is 12.9. The van der Waals surface area contributed by atoms with Crippen LogP contribution in [0.2, 0.25) is 0 Å². The van der Waals surface area contributed by atoms with Gasteiger partial charge in [-0.2, -0.15) is 0 Å². The summed E-state index contributed by atoms with van der Waals surface area (Å²) in [5, 5.41) is 3.50. The average molecular weight is 260 g/mol. The molecular formula is C17H28N2. The Labute approximate surface area is 118 Å². The van der Waals surface area contributed by atoms with E-state index in [9.17, 15) is 0 Å². The summed E-state index contributed by atoms with van der Waals surface area (Å²) < 4.78 is 0. The summed E-state index contributed by atoms with van der Waals surface area (Å²) in [6.45, 7) is 16.6. The van der Waals surface area contributed by atoms with Crippen LogP contribution in [0.1, 0.15) is 38.8 Å². The monoisotopic (exact) mass is 260 g/mol. The molecule has 1 aromatic rings. The van der Waals surface area contributed by atoms with E-state index in [0.29, 0.717) is 6.04 Å². The Bertz CT molecular complexity index is 396. The number of rotatable bonds is 8. The molecule has 0 fully saturated rings. The first kappa shape index (κ1) is 15.9. The van der Waals surface area contributed by atoms with Gasteiger partial charge in [-0.1, -0.05) is 57.2 Å². The van der Waals surface area contributed by atoms with Crippen LogP contribution in [0.15, 0.2) is 36.4 Å². The van der Waals surface area contributed by atoms with Gasteiger partial charge in [0.1, 0.15) is 0 Å². The van der Waals surface area contributed by atoms with Crippen LogP contribution in [0.25, 0.3) is 0 Å². The molecule has 2 nitrogen and oxygen atoms in total. The van der Waals surface area contributed by atoms with Gasteiger partial charge >= 0.3 is 0 Å². The molecule has 19 heavy (non-hydrogen) atoms. The second-order valence-electron chi connectivity index (χ2n) is 5.56. The SMILES string of the molecule is C=C(C)CN(CC)Cc1ccccc1CNC(C)C. The highest BCUT2D eigenvalue weighted by atomic mass is 15.1. The predicted octanol–water partition coefficient (Wildman–Crippen LogP) is 3.58. The van der Waals surface area contributed by atoms with E-state index in [0.717, 1.165) is 26.2 Å². The summed E-state index contributed by atoms with van der Waals surface area (Å²) >= 11 is 0. The Morgan fingerprint density at radius 1 is 1.26 bits per heavy atom. The van der Waals surface area contributed by atoms with E-state index in [1.54, 1.807) is 0 Å². The molecule has 0 atom stereocenters. The molecule has 0 aliphatic rings. The molecule has 0 spiro atoms. The minimum absolute atomic E-state index is 0.519. The van der Waals surface area contributed by atoms with E-state index in [1.807, 2.05) is 0 Å². The second kappa shape index (κ2) is 8.13. The molecule has 0 bridgehead atoms. The van der Waals surface area contributed by atoms with Crippen LogP contribution in [-0.2, 0) is 13.1 Å². The smallest absolute Gasteiger partial charge is 0.0240 e. The molecule has 0 amide bonds. The van der Waals surface area contributed by atoms with Crippen LogP contribution in [0.5, 0.6) is 0 Å². The van der Waals surface area contributed by atoms with Crippen molar-refractivity contribution in [1.82, 2.24) is 10.2 Å². The third kappa shape index (κ3) is 6.04. The van der Waals surface area contributed by atoms with Gasteiger partial charge < -0.3 is 5.32 Å². The van der Waals surface area contributed by atoms with E-state index >= 15 is 0 Å². The number of benzene rings is 1. The fourth-order valence-electron chi connectivity index (χ4n) is 2.10. The molecule has 1 N–H and O–H groups in total. The lowest BCUT2D eigenvalue weighted by atomic mass is 10.1. The third-order valence-corrected chi connectivity index (χ3v) is 3.15. The largest absolute Gasteiger partial charge is 0.310 e. The first-order valence-corrected chi connectivity index (χ1v) is 7.19. The second-order valence-corrected chi connectivity index (χ2v) is 5.56. The molecule has 0 saturated carbocycles. The summed E-state index contributed by atoms with van der Waals surface area (Å²) in [5.41, 5.74) is 4.04. The van der Waals surface area contributed by atoms with Gasteiger partial charge in [0.2, 0.25) is 0 Å². The van der Waals surface area contributed by atoms with Crippen molar-refractivity contribution in [1.29, 1.82) is 0 Å². The lowest BCUT2D eigenvalue weighted by molar-refractivity contribution is 0.303. The standard InChI is InChI=1S/C17H28N2/c1-6-19(12-14(2)3)13-17-10-8-7-9-16(17)11-18-15(4)5/h7-10,15,18H,2,6,11-13H2,1,3-5H3. The zero-order valence-electron chi connectivity index (χ0n) is 12.9. The molecule has 0 aliphatic heterocycles. The Hall–Kier alpha value is -1.12. The molecule has 1 aromatic carbocycles. The molecule has 106 valence electrons. The maximum absolute atomic E-state index is 4.01. The molecule has 0 heterocycles. The first-order chi connectivity index (χ1) is 9.02. The van der Waals surface area contributed by atoms with Gasteiger partial charge in [-0.25, -0.2) is 0 Å². The normalized spacial score (nSPS) is 11.3. The van der Waals surface area contributed by atoms with Crippen LogP contribution in [0.3, 0.4) is 0 Å². The predicted molar refractivity (Wildman–Crippen MR) is 84.2 cm³/mol. The van der Waals surface area contributed by atoms with Crippen molar-refractivity contribution >= 4 is 0 Å². The van der Waals surface area contributed by atoms with Gasteiger partial charge in [0.05, 0.1) is 0 Å². The van der Waals surface area contributed by atoms with E-state index in [2.05, 4.69) is 68.8 Å². The summed E-state index contributed by atoms with van der Waals surface area (Å²) in [6.07, 6.45) is 0. The van der Waals surface area contributed by atoms with Crippen molar-refractivity contribution < 1.29 is 0 Å². The summed E-state index contributed by atoms with van der Waals surface area (Å²) in [4.78, 5) is 2.43. The number of likely N-dealkylation sites (N-methyl/N-ethyl adjacent to an activating group) is 1. The van der Waals surface area contributed by atoms with E-state index < -0.39 is 0 Å². The van der Waals surface area contributed by atoms with Gasteiger partial charge in [0.25, 0.3) is 0 Å². The lowest BCUT2D eigenvalue weighted by Crippen LogP contribution is -2.27. The van der Waals surface area contributed by atoms with Gasteiger partial charge in [0.15, 0.2) is 0 Å². The highest BCUT2D eigenvalue weighted by Gasteiger charge is 2.07. The molecule has 2 heteroatoms. The van der Waals surface area contributed by atoms with Gasteiger partial charge in [0, 0.05) is 25.7 Å². The van der Waals surface area contributed by atoms with Gasteiger partial charge in [-0.15, -0.1) is 0 Å². The van der Waals surface area contributed by atoms with Gasteiger partial charge in [-0.3, -0.25) is 4.90 Å². The third-order valence-electron chi connectivity index (χ3n) is 3.15. The van der Waals surface area contributed by atoms with Crippen molar-refractivity contribution in [3.05, 3.63) is 47.5 Å². The van der Waals surface area contributed by atoms with Crippen LogP contribution in [0, 0.1) is 0 Å². The molecular weight excluding hydrogens is 232 g/mol. The maximum atomic E-state index is 4.01. The highest BCUT2D eigenvalue weighted by molar-refractivity contribution is 5.27. The molecule has 0 aliphatic carbocycles. The number of hydrogen-bond donors (Lipinski definition) is 1. The number of nitrogens with zero attached hydrogens (tertiary/aromatic N) is 1. The topological polar surface area (TPSA) is 15.3 Å². The number of hydrogen-bond acceptors (Lipinski definition) is 2. The van der Waals surface area contributed by atoms with Crippen LogP contribution < -0.4 is 5.32 Å². The van der Waals surface area contributed by atoms with Crippen LogP contribution in [0.4, 0.5) is 0 Å². The van der Waals surface area contributed by atoms with E-state index in [-0.39, 0.29) is 0 Å². The average Bonchev–Trinajstić information content (AvgIpc) is 2.36. The summed E-state index contributed by atoms with van der Waals surface area (Å²) in [6, 6.07) is 9.22. The minimum atomic E-state index is 0.519. The van der Waals surface area contributed by atoms with Crippen molar-refractivity contribution in [3.8, 4) is 0 Å². The van der Waals surface area contributed by atoms with E-state index in [4.69, 9.17) is 0 Å². The quantitative estimate of drug-likeness (QED) is 0.719. The fourth-order valence-corrected chi connectivity index (χ4v) is 2.10. The molecule has 1 rings (SSSR count). The Balaban J connectivity index is 2.72. The van der Waals surface area contributed by atoms with Crippen molar-refractivity contribution in [2.45, 2.75) is 46.8 Å². The Morgan fingerprint density at radius 2 is 1.89 bits per heavy atom. The molecule has 0 unspecified atom stereocenters. The minimum Gasteiger partial charge on any atom is -0.310 e. The van der Waals surface area contributed by atoms with Crippen molar-refractivity contribution in [2.75, 3.05) is 13.1 Å². The van der Waals surface area contributed by atoms with Crippen molar-refractivity contribution in [2.24, 2.45) is 0 Å². The number of nitrogens with one attached hydrogen (secondary N) is 1. The van der Waals surface area contributed by atoms with Crippen molar-refractivity contribution in [3.63, 3.8) is 0 Å².